The Hall–Kier alpha value is -2.12. The summed E-state index contributed by atoms with van der Waals surface area (Å²) in [6.07, 6.45) is 4.26. The number of ether oxygens (including phenoxy) is 1. The molecule has 0 bridgehead atoms. The van der Waals surface area contributed by atoms with Crippen molar-refractivity contribution >= 4 is 17.7 Å². The monoisotopic (exact) mass is 347 g/mol. The average molecular weight is 347 g/mol. The maximum Gasteiger partial charge on any atom is 0.338 e. The van der Waals surface area contributed by atoms with Gasteiger partial charge in [0.25, 0.3) is 0 Å². The smallest absolute Gasteiger partial charge is 0.338 e. The molecular formula is C18H25N3O4. The molecule has 25 heavy (non-hydrogen) atoms. The maximum atomic E-state index is 12.0. The highest BCUT2D eigenvalue weighted by molar-refractivity contribution is 5.95. The van der Waals surface area contributed by atoms with Gasteiger partial charge in [-0.1, -0.05) is 12.8 Å². The number of aliphatic hydroxyl groups is 1. The lowest BCUT2D eigenvalue weighted by Gasteiger charge is -2.23. The standard InChI is InChI=1S/C18H25N3O4/c22-15(11-21-7-3-1-2-4-8-21)10-19-18(24)20-14-5-6-16-13(9-14)12-25-17(16)23/h5-6,9,15,22H,1-4,7-8,10-12H2,(H2,19,20,24). The van der Waals surface area contributed by atoms with Crippen LogP contribution in [0.2, 0.25) is 0 Å². The summed E-state index contributed by atoms with van der Waals surface area (Å²) in [7, 11) is 0. The Morgan fingerprint density at radius 1 is 1.24 bits per heavy atom. The van der Waals surface area contributed by atoms with Crippen LogP contribution in [0.15, 0.2) is 18.2 Å². The predicted octanol–water partition coefficient (Wildman–Crippen LogP) is 1.72. The van der Waals surface area contributed by atoms with Crippen LogP contribution >= 0.6 is 0 Å². The first-order chi connectivity index (χ1) is 12.1. The summed E-state index contributed by atoms with van der Waals surface area (Å²) in [5.74, 6) is -0.331. The third-order valence-corrected chi connectivity index (χ3v) is 4.61. The van der Waals surface area contributed by atoms with Crippen LogP contribution in [-0.2, 0) is 11.3 Å². The number of esters is 1. The molecule has 7 nitrogen and oxygen atoms in total. The number of nitrogens with zero attached hydrogens (tertiary/aromatic N) is 1. The van der Waals surface area contributed by atoms with E-state index in [0.717, 1.165) is 18.7 Å². The van der Waals surface area contributed by atoms with Gasteiger partial charge in [-0.2, -0.15) is 0 Å². The van der Waals surface area contributed by atoms with Crippen molar-refractivity contribution in [2.45, 2.75) is 38.4 Å². The molecular weight excluding hydrogens is 322 g/mol. The zero-order valence-electron chi connectivity index (χ0n) is 14.3. The third-order valence-electron chi connectivity index (χ3n) is 4.61. The number of benzene rings is 1. The van der Waals surface area contributed by atoms with E-state index in [4.69, 9.17) is 4.74 Å². The Balaban J connectivity index is 1.42. The molecule has 0 radical (unpaired) electrons. The van der Waals surface area contributed by atoms with E-state index in [0.29, 0.717) is 17.8 Å². The summed E-state index contributed by atoms with van der Waals surface area (Å²) in [5.41, 5.74) is 1.90. The second kappa shape index (κ2) is 8.31. The van der Waals surface area contributed by atoms with Gasteiger partial charge in [-0.15, -0.1) is 0 Å². The molecule has 1 fully saturated rings. The van der Waals surface area contributed by atoms with Crippen molar-refractivity contribution in [1.29, 1.82) is 0 Å². The average Bonchev–Trinajstić information content (AvgIpc) is 2.80. The van der Waals surface area contributed by atoms with E-state index in [1.807, 2.05) is 0 Å². The van der Waals surface area contributed by atoms with Gasteiger partial charge in [-0.3, -0.25) is 0 Å². The topological polar surface area (TPSA) is 90.9 Å². The lowest BCUT2D eigenvalue weighted by molar-refractivity contribution is 0.0535. The number of cyclic esters (lactones) is 1. The van der Waals surface area contributed by atoms with Gasteiger partial charge >= 0.3 is 12.0 Å². The number of amides is 2. The van der Waals surface area contributed by atoms with Gasteiger partial charge in [-0.25, -0.2) is 9.59 Å². The maximum absolute atomic E-state index is 12.0. The lowest BCUT2D eigenvalue weighted by Crippen LogP contribution is -2.41. The van der Waals surface area contributed by atoms with Gasteiger partial charge in [0.15, 0.2) is 0 Å². The van der Waals surface area contributed by atoms with Crippen LogP contribution in [0.1, 0.15) is 41.6 Å². The summed E-state index contributed by atoms with van der Waals surface area (Å²) in [6, 6.07) is 4.67. The van der Waals surface area contributed by atoms with Crippen LogP contribution in [0.25, 0.3) is 0 Å². The molecule has 2 aliphatic rings. The number of anilines is 1. The Bertz CT molecular complexity index is 627. The van der Waals surface area contributed by atoms with Crippen molar-refractivity contribution in [3.63, 3.8) is 0 Å². The van der Waals surface area contributed by atoms with Crippen LogP contribution < -0.4 is 10.6 Å². The normalized spacial score (nSPS) is 18.8. The first-order valence-corrected chi connectivity index (χ1v) is 8.87. The number of carbonyl (C=O) groups is 2. The van der Waals surface area contributed by atoms with Gasteiger partial charge in [0.2, 0.25) is 0 Å². The van der Waals surface area contributed by atoms with Gasteiger partial charge in [-0.05, 0) is 44.1 Å². The van der Waals surface area contributed by atoms with Crippen molar-refractivity contribution in [3.05, 3.63) is 29.3 Å². The molecule has 0 aromatic heterocycles. The molecule has 1 aromatic rings. The summed E-state index contributed by atoms with van der Waals surface area (Å²) in [6.45, 7) is 3.05. The molecule has 1 saturated heterocycles. The van der Waals surface area contributed by atoms with Crippen molar-refractivity contribution in [3.8, 4) is 0 Å². The number of carbonyl (C=O) groups excluding carboxylic acids is 2. The largest absolute Gasteiger partial charge is 0.457 e. The van der Waals surface area contributed by atoms with E-state index in [1.54, 1.807) is 18.2 Å². The molecule has 3 N–H and O–H groups in total. The Morgan fingerprint density at radius 2 is 2.00 bits per heavy atom. The van der Waals surface area contributed by atoms with Crippen LogP contribution in [0, 0.1) is 0 Å². The fourth-order valence-electron chi connectivity index (χ4n) is 3.28. The number of hydrogen-bond donors (Lipinski definition) is 3. The molecule has 2 aliphatic heterocycles. The van der Waals surface area contributed by atoms with E-state index in [1.165, 1.54) is 25.7 Å². The number of urea groups is 1. The number of β-amino-alcohol motifs (C(OH)–C–C–N with tert-alkyl or cyclic N) is 1. The molecule has 1 atom stereocenters. The summed E-state index contributed by atoms with van der Waals surface area (Å²) in [4.78, 5) is 25.7. The highest BCUT2D eigenvalue weighted by Crippen LogP contribution is 2.23. The van der Waals surface area contributed by atoms with Crippen LogP contribution in [0.5, 0.6) is 0 Å². The number of likely N-dealkylation sites (tertiary alicyclic amines) is 1. The SMILES string of the molecule is O=C(NCC(O)CN1CCCCCC1)Nc1ccc2c(c1)COC2=O. The minimum atomic E-state index is -0.588. The number of fused-ring (bicyclic) bond motifs is 1. The molecule has 7 heteroatoms. The minimum absolute atomic E-state index is 0.203. The lowest BCUT2D eigenvalue weighted by atomic mass is 10.1. The summed E-state index contributed by atoms with van der Waals surface area (Å²) < 4.78 is 4.94. The van der Waals surface area contributed by atoms with E-state index in [-0.39, 0.29) is 25.2 Å². The van der Waals surface area contributed by atoms with Crippen LogP contribution in [0.3, 0.4) is 0 Å². The number of aliphatic hydroxyl groups excluding tert-OH is 1. The minimum Gasteiger partial charge on any atom is -0.457 e. The van der Waals surface area contributed by atoms with Crippen LogP contribution in [0.4, 0.5) is 10.5 Å². The van der Waals surface area contributed by atoms with Crippen molar-refractivity contribution in [1.82, 2.24) is 10.2 Å². The fraction of sp³-hybridized carbons (Fsp3) is 0.556. The van der Waals surface area contributed by atoms with Crippen molar-refractivity contribution in [2.24, 2.45) is 0 Å². The third kappa shape index (κ3) is 4.93. The van der Waals surface area contributed by atoms with Crippen molar-refractivity contribution < 1.29 is 19.4 Å². The molecule has 2 heterocycles. The molecule has 1 unspecified atom stereocenters. The van der Waals surface area contributed by atoms with Crippen molar-refractivity contribution in [2.75, 3.05) is 31.5 Å². The number of hydrogen-bond acceptors (Lipinski definition) is 5. The highest BCUT2D eigenvalue weighted by Gasteiger charge is 2.21. The zero-order valence-corrected chi connectivity index (χ0v) is 14.3. The molecule has 1 aromatic carbocycles. The molecule has 0 saturated carbocycles. The molecule has 2 amide bonds. The Labute approximate surface area is 147 Å². The molecule has 3 rings (SSSR count). The zero-order chi connectivity index (χ0) is 17.6. The van der Waals surface area contributed by atoms with E-state index < -0.39 is 6.10 Å². The van der Waals surface area contributed by atoms with E-state index in [9.17, 15) is 14.7 Å². The summed E-state index contributed by atoms with van der Waals surface area (Å²) in [5, 5.41) is 15.5. The first kappa shape index (κ1) is 17.7. The van der Waals surface area contributed by atoms with E-state index >= 15 is 0 Å². The quantitative estimate of drug-likeness (QED) is 0.706. The molecule has 0 aliphatic carbocycles. The number of rotatable bonds is 5. The number of nitrogens with one attached hydrogen (secondary N) is 2. The molecule has 0 spiro atoms. The van der Waals surface area contributed by atoms with Gasteiger partial charge in [0.1, 0.15) is 6.61 Å². The molecule has 136 valence electrons. The van der Waals surface area contributed by atoms with Crippen LogP contribution in [-0.4, -0.2) is 54.3 Å². The Kier molecular flexibility index (Phi) is 5.88. The Morgan fingerprint density at radius 3 is 2.76 bits per heavy atom. The summed E-state index contributed by atoms with van der Waals surface area (Å²) >= 11 is 0. The van der Waals surface area contributed by atoms with Gasteiger partial charge < -0.3 is 25.4 Å². The second-order valence-corrected chi connectivity index (χ2v) is 6.65. The van der Waals surface area contributed by atoms with Gasteiger partial charge in [0, 0.05) is 24.3 Å². The van der Waals surface area contributed by atoms with E-state index in [2.05, 4.69) is 15.5 Å². The predicted molar refractivity (Wildman–Crippen MR) is 93.5 cm³/mol. The second-order valence-electron chi connectivity index (χ2n) is 6.65. The fourth-order valence-corrected chi connectivity index (χ4v) is 3.28. The first-order valence-electron chi connectivity index (χ1n) is 8.87. The highest BCUT2D eigenvalue weighted by atomic mass is 16.5. The van der Waals surface area contributed by atoms with Gasteiger partial charge in [0.05, 0.1) is 11.7 Å².